The van der Waals surface area contributed by atoms with Gasteiger partial charge in [0.1, 0.15) is 30.7 Å². The van der Waals surface area contributed by atoms with E-state index in [2.05, 4.69) is 60.1 Å². The third-order valence-corrected chi connectivity index (χ3v) is 12.4. The number of hydrogen-bond acceptors (Lipinski definition) is 17. The van der Waals surface area contributed by atoms with E-state index in [0.717, 1.165) is 0 Å². The Labute approximate surface area is 328 Å². The number of amides is 2. The Morgan fingerprint density at radius 2 is 1.88 bits per heavy atom. The number of H-pyrrole nitrogens is 1. The molecule has 1 aliphatic carbocycles. The number of fused-ring (bicyclic) bond motifs is 4. The highest BCUT2D eigenvalue weighted by Gasteiger charge is 2.51. The van der Waals surface area contributed by atoms with Crippen molar-refractivity contribution in [2.75, 3.05) is 18.5 Å². The first-order valence-corrected chi connectivity index (χ1v) is 22.5. The van der Waals surface area contributed by atoms with Crippen LogP contribution >= 0.6 is 38.1 Å². The smallest absolute Gasteiger partial charge is 0.386 e. The van der Waals surface area contributed by atoms with Gasteiger partial charge in [-0.2, -0.15) is 4.98 Å². The van der Waals surface area contributed by atoms with Gasteiger partial charge in [-0.1, -0.05) is 42.7 Å². The van der Waals surface area contributed by atoms with Crippen molar-refractivity contribution in [1.82, 2.24) is 34.8 Å². The van der Waals surface area contributed by atoms with Gasteiger partial charge in [0.2, 0.25) is 17.7 Å². The number of aliphatic hydroxyl groups excluding tert-OH is 1. The third-order valence-electron chi connectivity index (χ3n) is 9.19. The molecule has 300 valence electrons. The lowest BCUT2D eigenvalue weighted by molar-refractivity contribution is -0.122. The maximum Gasteiger partial charge on any atom is 0.386 e. The van der Waals surface area contributed by atoms with Crippen molar-refractivity contribution in [2.45, 2.75) is 69.1 Å². The summed E-state index contributed by atoms with van der Waals surface area (Å²) in [4.78, 5) is 57.6. The number of carbonyl (C=O) groups is 2. The Hall–Kier alpha value is -3.73. The number of rotatable bonds is 8. The summed E-state index contributed by atoms with van der Waals surface area (Å²) in [5, 5.41) is 16.6. The molecule has 3 aromatic heterocycles. The molecule has 2 aliphatic heterocycles. The number of imidazole rings is 1. The summed E-state index contributed by atoms with van der Waals surface area (Å²) in [6.45, 7) is -7.67. The lowest BCUT2D eigenvalue weighted by Crippen LogP contribution is -2.38. The molecule has 2 saturated heterocycles. The second-order valence-corrected chi connectivity index (χ2v) is 18.9. The number of aromatic amines is 1. The molecule has 2 bridgehead atoms. The monoisotopic (exact) mass is 853 g/mol. The normalized spacial score (nSPS) is 31.3. The molecule has 1 aromatic carbocycles. The van der Waals surface area contributed by atoms with Crippen LogP contribution < -0.4 is 26.7 Å². The molecule has 3 aliphatic rings. The van der Waals surface area contributed by atoms with Crippen LogP contribution in [-0.2, 0) is 43.3 Å². The van der Waals surface area contributed by atoms with E-state index < -0.39 is 86.3 Å². The second kappa shape index (κ2) is 16.6. The maximum atomic E-state index is 13.8. The zero-order valence-corrected chi connectivity index (χ0v) is 32.9. The standard InChI is InChI=1S/C31H37N9O12P2S2/c1-15(32)27(42)34-10-16-4-2-3-5-19(16)28(43)38-31-37-26-23(29(44)39-31)36-14-40(26)30-25-24(41)21(50-30)12-48-53(45,55)51-20-9-18(49-22-6-7-33-13-35-22)8-17(20)11-47-54(46,56)52-25/h2-7,13-15,17-18,20-21,24-25,30,41H,8-12,32H2,1H3,(H,34,42)(H,45,55)(H,46,56)(H2,37,38,39,43,44)/t15-,17+,18+,20-,21+,24+,25+,30+,53+,54+/m0/s1. The summed E-state index contributed by atoms with van der Waals surface area (Å²) in [7, 11) is 0. The van der Waals surface area contributed by atoms with Crippen LogP contribution in [0.4, 0.5) is 5.95 Å². The molecule has 3 fully saturated rings. The van der Waals surface area contributed by atoms with Gasteiger partial charge < -0.3 is 30.2 Å². The van der Waals surface area contributed by atoms with Crippen LogP contribution in [-0.4, -0.2) is 96.2 Å². The van der Waals surface area contributed by atoms with Gasteiger partial charge >= 0.3 is 13.6 Å². The third kappa shape index (κ3) is 9.18. The zero-order chi connectivity index (χ0) is 39.8. The van der Waals surface area contributed by atoms with Crippen LogP contribution in [0.2, 0.25) is 0 Å². The van der Waals surface area contributed by atoms with Crippen LogP contribution in [0.3, 0.4) is 0 Å². The van der Waals surface area contributed by atoms with Gasteiger partial charge in [-0.3, -0.25) is 42.8 Å². The molecular weight excluding hydrogens is 816 g/mol. The van der Waals surface area contributed by atoms with E-state index in [9.17, 15) is 28.6 Å². The number of carbonyl (C=O) groups excluding carboxylic acids is 2. The molecule has 6 N–H and O–H groups in total. The molecule has 25 heteroatoms. The molecule has 2 amide bonds. The van der Waals surface area contributed by atoms with E-state index >= 15 is 0 Å². The van der Waals surface area contributed by atoms with Gasteiger partial charge in [-0.15, -0.1) is 0 Å². The van der Waals surface area contributed by atoms with Gasteiger partial charge in [0.15, 0.2) is 17.4 Å². The van der Waals surface area contributed by atoms with Crippen molar-refractivity contribution in [3.63, 3.8) is 0 Å². The van der Waals surface area contributed by atoms with Crippen LogP contribution in [0.15, 0.2) is 54.0 Å². The Balaban J connectivity index is 1.13. The summed E-state index contributed by atoms with van der Waals surface area (Å²) >= 11 is 8.35. The highest BCUT2D eigenvalue weighted by atomic mass is 32.7. The van der Waals surface area contributed by atoms with E-state index in [1.165, 1.54) is 36.4 Å². The molecule has 0 radical (unpaired) electrons. The first kappa shape index (κ1) is 40.5. The van der Waals surface area contributed by atoms with Gasteiger partial charge in [0, 0.05) is 36.7 Å². The Morgan fingerprint density at radius 3 is 2.64 bits per heavy atom. The fourth-order valence-corrected chi connectivity index (χ4v) is 9.54. The number of nitrogens with two attached hydrogens (primary N) is 1. The first-order valence-electron chi connectivity index (χ1n) is 17.1. The number of benzene rings is 1. The van der Waals surface area contributed by atoms with Gasteiger partial charge in [-0.05, 0) is 25.0 Å². The molecule has 1 saturated carbocycles. The van der Waals surface area contributed by atoms with Crippen LogP contribution in [0.1, 0.15) is 41.9 Å². The molecule has 21 nitrogen and oxygen atoms in total. The molecule has 7 rings (SSSR count). The predicted molar refractivity (Wildman–Crippen MR) is 202 cm³/mol. The first-order chi connectivity index (χ1) is 26.7. The van der Waals surface area contributed by atoms with Gasteiger partial charge in [0.25, 0.3) is 11.5 Å². The molecule has 0 unspecified atom stereocenters. The van der Waals surface area contributed by atoms with Crippen LogP contribution in [0.5, 0.6) is 5.88 Å². The minimum absolute atomic E-state index is 0.00108. The topological polar surface area (TPSA) is 283 Å². The molecule has 5 heterocycles. The highest BCUT2D eigenvalue weighted by Crippen LogP contribution is 2.60. The largest absolute Gasteiger partial charge is 0.474 e. The number of thiol groups is 2. The fraction of sp³-hybridized carbons (Fsp3) is 0.452. The number of nitrogens with zero attached hydrogens (tertiary/aromatic N) is 5. The maximum absolute atomic E-state index is 13.8. The van der Waals surface area contributed by atoms with Crippen molar-refractivity contribution in [3.05, 3.63) is 70.7 Å². The number of hydrogen-bond donors (Lipinski definition) is 7. The number of nitrogens with one attached hydrogen (secondary N) is 3. The lowest BCUT2D eigenvalue weighted by atomic mass is 10.1. The average molecular weight is 854 g/mol. The molecular formula is C31H37N9O12P2S2. The molecule has 56 heavy (non-hydrogen) atoms. The number of aromatic nitrogens is 6. The van der Waals surface area contributed by atoms with Gasteiger partial charge in [0.05, 0.1) is 31.7 Å². The zero-order valence-electron chi connectivity index (χ0n) is 29.3. The van der Waals surface area contributed by atoms with Crippen molar-refractivity contribution in [3.8, 4) is 5.88 Å². The van der Waals surface area contributed by atoms with E-state index in [1.54, 1.807) is 24.3 Å². The number of aliphatic hydroxyl groups is 1. The van der Waals surface area contributed by atoms with E-state index in [4.69, 9.17) is 33.3 Å². The van der Waals surface area contributed by atoms with Crippen molar-refractivity contribution in [2.24, 2.45) is 11.7 Å². The predicted octanol–water partition coefficient (Wildman–Crippen LogP) is 2.13. The quantitative estimate of drug-likeness (QED) is 0.0987. The summed E-state index contributed by atoms with van der Waals surface area (Å²) in [5.41, 5.74) is 5.21. The summed E-state index contributed by atoms with van der Waals surface area (Å²) in [6.07, 6.45) is -2.45. The van der Waals surface area contributed by atoms with E-state index in [1.807, 2.05) is 0 Å². The lowest BCUT2D eigenvalue weighted by Gasteiger charge is -2.26. The second-order valence-electron chi connectivity index (χ2n) is 13.2. The van der Waals surface area contributed by atoms with Crippen molar-refractivity contribution < 1.29 is 51.4 Å². The summed E-state index contributed by atoms with van der Waals surface area (Å²) < 4.78 is 63.4. The Morgan fingerprint density at radius 1 is 1.11 bits per heavy atom. The molecule has 0 spiro atoms. The molecule has 10 atom stereocenters. The SMILES string of the molecule is C[C@H](N)C(=O)NCc1ccccc1C(=O)Nc1nc2c(ncn2[C@@H]2O[C@@H]3CO[P@@](=O)(S)O[C@H]4C[C@H](Oc5ccncn5)C[C@@H]4CO[P@@](=O)(S)O[C@@H]2[C@@H]3O)c(=O)[nH]1. The Kier molecular flexibility index (Phi) is 12.0. The minimum atomic E-state index is -4.30. The van der Waals surface area contributed by atoms with E-state index in [-0.39, 0.29) is 42.2 Å². The minimum Gasteiger partial charge on any atom is -0.474 e. The number of ether oxygens (including phenoxy) is 2. The van der Waals surface area contributed by atoms with Crippen molar-refractivity contribution in [1.29, 1.82) is 0 Å². The van der Waals surface area contributed by atoms with Crippen molar-refractivity contribution >= 4 is 67.0 Å². The Bertz CT molecular complexity index is 2250. The highest BCUT2D eigenvalue weighted by molar-refractivity contribution is 8.44. The van der Waals surface area contributed by atoms with E-state index in [0.29, 0.717) is 17.9 Å². The van der Waals surface area contributed by atoms with Crippen LogP contribution in [0, 0.1) is 5.92 Å². The average Bonchev–Trinajstić information content (AvgIpc) is 3.83. The summed E-state index contributed by atoms with van der Waals surface area (Å²) in [5.74, 6) is -1.60. The molecule has 4 aromatic rings. The summed E-state index contributed by atoms with van der Waals surface area (Å²) in [6, 6.07) is 7.27. The fourth-order valence-electron chi connectivity index (χ4n) is 6.48. The van der Waals surface area contributed by atoms with Crippen LogP contribution in [0.25, 0.3) is 11.2 Å². The van der Waals surface area contributed by atoms with Gasteiger partial charge in [-0.25, -0.2) is 24.1 Å². The number of anilines is 1.